The van der Waals surface area contributed by atoms with Crippen LogP contribution < -0.4 is 5.73 Å². The second-order valence-electron chi connectivity index (χ2n) is 6.23. The van der Waals surface area contributed by atoms with Gasteiger partial charge in [-0.1, -0.05) is 32.6 Å². The molecular formula is C15H30IN3. The zero-order chi connectivity index (χ0) is 12.8. The standard InChI is InChI=1S/C15H29N3.HI/c1-13-6-8-14(9-7-13)12-17-15(16)18-10-4-2-3-5-11-18;/h13-14H,2-12H2,1H3,(H2,16,17);1H. The van der Waals surface area contributed by atoms with Crippen LogP contribution in [0, 0.1) is 11.8 Å². The number of hydrogen-bond acceptors (Lipinski definition) is 1. The Morgan fingerprint density at radius 1 is 1.05 bits per heavy atom. The molecule has 1 heterocycles. The van der Waals surface area contributed by atoms with E-state index in [1.807, 2.05) is 0 Å². The quantitative estimate of drug-likeness (QED) is 0.452. The molecular weight excluding hydrogens is 349 g/mol. The van der Waals surface area contributed by atoms with Crippen LogP contribution in [0.1, 0.15) is 58.3 Å². The third kappa shape index (κ3) is 5.88. The predicted octanol–water partition coefficient (Wildman–Crippen LogP) is 3.62. The topological polar surface area (TPSA) is 41.6 Å². The van der Waals surface area contributed by atoms with Crippen molar-refractivity contribution in [2.24, 2.45) is 22.6 Å². The largest absolute Gasteiger partial charge is 0.370 e. The van der Waals surface area contributed by atoms with E-state index in [0.717, 1.165) is 37.4 Å². The number of aliphatic imine (C=N–C) groups is 1. The summed E-state index contributed by atoms with van der Waals surface area (Å²) in [5.74, 6) is 2.51. The van der Waals surface area contributed by atoms with Crippen LogP contribution in [-0.4, -0.2) is 30.5 Å². The van der Waals surface area contributed by atoms with Gasteiger partial charge in [-0.15, -0.1) is 24.0 Å². The average molecular weight is 379 g/mol. The van der Waals surface area contributed by atoms with Crippen molar-refractivity contribution in [3.63, 3.8) is 0 Å². The number of guanidine groups is 1. The zero-order valence-electron chi connectivity index (χ0n) is 12.3. The van der Waals surface area contributed by atoms with E-state index in [4.69, 9.17) is 5.73 Å². The molecule has 3 nitrogen and oxygen atoms in total. The normalized spacial score (nSPS) is 29.5. The van der Waals surface area contributed by atoms with E-state index in [1.54, 1.807) is 0 Å². The van der Waals surface area contributed by atoms with Crippen LogP contribution in [0.25, 0.3) is 0 Å². The number of halogens is 1. The minimum Gasteiger partial charge on any atom is -0.370 e. The Balaban J connectivity index is 0.00000180. The number of nitrogens with two attached hydrogens (primary N) is 1. The van der Waals surface area contributed by atoms with Crippen LogP contribution in [0.15, 0.2) is 4.99 Å². The van der Waals surface area contributed by atoms with Gasteiger partial charge in [0.15, 0.2) is 5.96 Å². The van der Waals surface area contributed by atoms with Gasteiger partial charge in [-0.25, -0.2) is 0 Å². The van der Waals surface area contributed by atoms with Crippen LogP contribution in [0.3, 0.4) is 0 Å². The van der Waals surface area contributed by atoms with Gasteiger partial charge in [0.1, 0.15) is 0 Å². The number of likely N-dealkylation sites (tertiary alicyclic amines) is 1. The molecule has 2 N–H and O–H groups in total. The summed E-state index contributed by atoms with van der Waals surface area (Å²) < 4.78 is 0. The lowest BCUT2D eigenvalue weighted by Gasteiger charge is -2.26. The van der Waals surface area contributed by atoms with E-state index in [9.17, 15) is 0 Å². The first kappa shape index (κ1) is 17.1. The van der Waals surface area contributed by atoms with E-state index >= 15 is 0 Å². The van der Waals surface area contributed by atoms with Gasteiger partial charge in [0.05, 0.1) is 0 Å². The number of rotatable bonds is 2. The van der Waals surface area contributed by atoms with Crippen LogP contribution >= 0.6 is 24.0 Å². The van der Waals surface area contributed by atoms with Gasteiger partial charge in [0.2, 0.25) is 0 Å². The smallest absolute Gasteiger partial charge is 0.191 e. The highest BCUT2D eigenvalue weighted by molar-refractivity contribution is 14.0. The summed E-state index contributed by atoms with van der Waals surface area (Å²) in [4.78, 5) is 6.95. The molecule has 0 aromatic heterocycles. The second-order valence-corrected chi connectivity index (χ2v) is 6.23. The molecule has 112 valence electrons. The lowest BCUT2D eigenvalue weighted by atomic mass is 9.83. The minimum absolute atomic E-state index is 0. The first-order valence-electron chi connectivity index (χ1n) is 7.80. The first-order chi connectivity index (χ1) is 8.75. The van der Waals surface area contributed by atoms with Crippen molar-refractivity contribution in [2.75, 3.05) is 19.6 Å². The molecule has 2 aliphatic rings. The molecule has 1 saturated carbocycles. The monoisotopic (exact) mass is 379 g/mol. The van der Waals surface area contributed by atoms with Crippen molar-refractivity contribution < 1.29 is 0 Å². The molecule has 0 aromatic carbocycles. The summed E-state index contributed by atoms with van der Waals surface area (Å²) in [6.07, 6.45) is 10.7. The molecule has 19 heavy (non-hydrogen) atoms. The third-order valence-electron chi connectivity index (χ3n) is 4.58. The van der Waals surface area contributed by atoms with Gasteiger partial charge in [0.25, 0.3) is 0 Å². The Labute approximate surface area is 135 Å². The fourth-order valence-corrected chi connectivity index (χ4v) is 3.13. The first-order valence-corrected chi connectivity index (χ1v) is 7.80. The van der Waals surface area contributed by atoms with Crippen molar-refractivity contribution >= 4 is 29.9 Å². The molecule has 2 rings (SSSR count). The van der Waals surface area contributed by atoms with Crippen LogP contribution in [0.2, 0.25) is 0 Å². The molecule has 0 atom stereocenters. The molecule has 0 unspecified atom stereocenters. The van der Waals surface area contributed by atoms with Gasteiger partial charge in [0, 0.05) is 19.6 Å². The van der Waals surface area contributed by atoms with Crippen molar-refractivity contribution in [3.8, 4) is 0 Å². The summed E-state index contributed by atoms with van der Waals surface area (Å²) in [6, 6.07) is 0. The van der Waals surface area contributed by atoms with Crippen LogP contribution in [0.5, 0.6) is 0 Å². The van der Waals surface area contributed by atoms with Gasteiger partial charge in [-0.3, -0.25) is 4.99 Å². The third-order valence-corrected chi connectivity index (χ3v) is 4.58. The highest BCUT2D eigenvalue weighted by Gasteiger charge is 2.18. The summed E-state index contributed by atoms with van der Waals surface area (Å²) >= 11 is 0. The Morgan fingerprint density at radius 3 is 2.21 bits per heavy atom. The van der Waals surface area contributed by atoms with Crippen molar-refractivity contribution in [1.82, 2.24) is 4.90 Å². The Kier molecular flexibility index (Phi) is 8.11. The zero-order valence-corrected chi connectivity index (χ0v) is 14.6. The highest BCUT2D eigenvalue weighted by Crippen LogP contribution is 2.28. The molecule has 0 aromatic rings. The van der Waals surface area contributed by atoms with Crippen molar-refractivity contribution in [2.45, 2.75) is 58.3 Å². The summed E-state index contributed by atoms with van der Waals surface area (Å²) in [5, 5.41) is 0. The Bertz CT molecular complexity index is 265. The SMILES string of the molecule is CC1CCC(CN=C(N)N2CCCCCC2)CC1.I. The molecule has 1 aliphatic carbocycles. The molecule has 0 radical (unpaired) electrons. The van der Waals surface area contributed by atoms with Crippen molar-refractivity contribution in [1.29, 1.82) is 0 Å². The summed E-state index contributed by atoms with van der Waals surface area (Å²) in [5.41, 5.74) is 6.14. The van der Waals surface area contributed by atoms with Gasteiger partial charge >= 0.3 is 0 Å². The molecule has 4 heteroatoms. The minimum atomic E-state index is 0. The molecule has 1 aliphatic heterocycles. The van der Waals surface area contributed by atoms with E-state index in [1.165, 1.54) is 51.4 Å². The lowest BCUT2D eigenvalue weighted by Crippen LogP contribution is -2.38. The molecule has 1 saturated heterocycles. The fraction of sp³-hybridized carbons (Fsp3) is 0.933. The van der Waals surface area contributed by atoms with E-state index < -0.39 is 0 Å². The Hall–Kier alpha value is 0. The van der Waals surface area contributed by atoms with E-state index in [-0.39, 0.29) is 24.0 Å². The maximum Gasteiger partial charge on any atom is 0.191 e. The van der Waals surface area contributed by atoms with Crippen LogP contribution in [-0.2, 0) is 0 Å². The maximum atomic E-state index is 6.14. The van der Waals surface area contributed by atoms with Gasteiger partial charge in [-0.05, 0) is 37.5 Å². The number of nitrogens with zero attached hydrogens (tertiary/aromatic N) is 2. The average Bonchev–Trinajstić information content (AvgIpc) is 2.66. The van der Waals surface area contributed by atoms with Crippen LogP contribution in [0.4, 0.5) is 0 Å². The number of hydrogen-bond donors (Lipinski definition) is 1. The Morgan fingerprint density at radius 2 is 1.63 bits per heavy atom. The summed E-state index contributed by atoms with van der Waals surface area (Å²) in [7, 11) is 0. The molecule has 0 spiro atoms. The maximum absolute atomic E-state index is 6.14. The highest BCUT2D eigenvalue weighted by atomic mass is 127. The summed E-state index contributed by atoms with van der Waals surface area (Å²) in [6.45, 7) is 5.54. The fourth-order valence-electron chi connectivity index (χ4n) is 3.13. The molecule has 2 fully saturated rings. The van der Waals surface area contributed by atoms with E-state index in [0.29, 0.717) is 0 Å². The van der Waals surface area contributed by atoms with Gasteiger partial charge in [-0.2, -0.15) is 0 Å². The lowest BCUT2D eigenvalue weighted by molar-refractivity contribution is 0.295. The van der Waals surface area contributed by atoms with E-state index in [2.05, 4.69) is 16.8 Å². The van der Waals surface area contributed by atoms with Crippen molar-refractivity contribution in [3.05, 3.63) is 0 Å². The molecule has 0 amide bonds. The predicted molar refractivity (Wildman–Crippen MR) is 93.1 cm³/mol. The second kappa shape index (κ2) is 9.03. The van der Waals surface area contributed by atoms with Gasteiger partial charge < -0.3 is 10.6 Å². The molecule has 0 bridgehead atoms.